The number of carboxylic acid groups (broad SMARTS) is 1. The van der Waals surface area contributed by atoms with Gasteiger partial charge in [-0.25, -0.2) is 4.79 Å². The number of amides is 1. The van der Waals surface area contributed by atoms with E-state index in [0.717, 1.165) is 0 Å². The molecule has 1 amide bonds. The lowest BCUT2D eigenvalue weighted by atomic mass is 9.94. The molecule has 1 unspecified atom stereocenters. The molecule has 0 aliphatic rings. The van der Waals surface area contributed by atoms with E-state index in [9.17, 15) is 9.59 Å². The van der Waals surface area contributed by atoms with Crippen LogP contribution in [0.4, 0.5) is 5.69 Å². The van der Waals surface area contributed by atoms with Crippen molar-refractivity contribution in [3.05, 3.63) is 23.8 Å². The van der Waals surface area contributed by atoms with Crippen LogP contribution in [-0.2, 0) is 4.79 Å². The molecular weight excluding hydrogens is 258 g/mol. The normalized spacial score (nSPS) is 12.1. The number of methoxy groups -OCH3 is 1. The fourth-order valence-corrected chi connectivity index (χ4v) is 1.69. The Bertz CT molecular complexity index is 497. The maximum absolute atomic E-state index is 11.9. The number of carboxylic acids is 1. The Balaban J connectivity index is 2.78. The first kappa shape index (κ1) is 16.0. The summed E-state index contributed by atoms with van der Waals surface area (Å²) in [5, 5.41) is 11.7. The zero-order chi connectivity index (χ0) is 15.3. The fraction of sp³-hybridized carbons (Fsp3) is 0.467. The van der Waals surface area contributed by atoms with Crippen molar-refractivity contribution in [3.8, 4) is 5.75 Å². The third kappa shape index (κ3) is 4.26. The molecule has 20 heavy (non-hydrogen) atoms. The lowest BCUT2D eigenvalue weighted by molar-refractivity contribution is -0.117. The molecule has 1 atom stereocenters. The van der Waals surface area contributed by atoms with Crippen molar-refractivity contribution >= 4 is 17.6 Å². The fourth-order valence-electron chi connectivity index (χ4n) is 1.69. The second kappa shape index (κ2) is 6.93. The van der Waals surface area contributed by atoms with Crippen LogP contribution in [0.5, 0.6) is 5.75 Å². The Morgan fingerprint density at radius 3 is 2.45 bits per heavy atom. The number of hydrogen-bond donors (Lipinski definition) is 2. The van der Waals surface area contributed by atoms with Crippen molar-refractivity contribution in [2.75, 3.05) is 12.4 Å². The topological polar surface area (TPSA) is 75.6 Å². The first-order valence-electron chi connectivity index (χ1n) is 6.56. The summed E-state index contributed by atoms with van der Waals surface area (Å²) in [6.45, 7) is 6.17. The van der Waals surface area contributed by atoms with E-state index in [1.807, 2.05) is 6.92 Å². The monoisotopic (exact) mass is 279 g/mol. The van der Waals surface area contributed by atoms with Crippen LogP contribution in [0.2, 0.25) is 0 Å². The average Bonchev–Trinajstić information content (AvgIpc) is 2.37. The Hall–Kier alpha value is -2.04. The minimum Gasteiger partial charge on any atom is -0.496 e. The zero-order valence-corrected chi connectivity index (χ0v) is 12.3. The van der Waals surface area contributed by atoms with Gasteiger partial charge in [-0.2, -0.15) is 0 Å². The maximum atomic E-state index is 11.9. The van der Waals surface area contributed by atoms with Crippen molar-refractivity contribution in [1.29, 1.82) is 0 Å². The van der Waals surface area contributed by atoms with E-state index in [-0.39, 0.29) is 23.1 Å². The summed E-state index contributed by atoms with van der Waals surface area (Å²) in [5.41, 5.74) is 0.605. The Morgan fingerprint density at radius 2 is 1.95 bits per heavy atom. The second-order valence-electron chi connectivity index (χ2n) is 5.19. The molecule has 0 radical (unpaired) electrons. The van der Waals surface area contributed by atoms with Crippen molar-refractivity contribution in [3.63, 3.8) is 0 Å². The molecular formula is C15H21NO4. The average molecular weight is 279 g/mol. The second-order valence-corrected chi connectivity index (χ2v) is 5.19. The van der Waals surface area contributed by atoms with Gasteiger partial charge in [0.1, 0.15) is 11.3 Å². The molecule has 0 spiro atoms. The summed E-state index contributed by atoms with van der Waals surface area (Å²) in [5.74, 6) is -0.198. The summed E-state index contributed by atoms with van der Waals surface area (Å²) in [7, 11) is 1.40. The molecule has 0 saturated carbocycles. The number of hydrogen-bond acceptors (Lipinski definition) is 3. The van der Waals surface area contributed by atoms with Gasteiger partial charge in [-0.15, -0.1) is 0 Å². The number of carbonyl (C=O) groups is 2. The summed E-state index contributed by atoms with van der Waals surface area (Å²) in [4.78, 5) is 22.8. The van der Waals surface area contributed by atoms with Gasteiger partial charge in [0.15, 0.2) is 0 Å². The van der Waals surface area contributed by atoms with E-state index in [4.69, 9.17) is 9.84 Å². The smallest absolute Gasteiger partial charge is 0.339 e. The molecule has 0 saturated heterocycles. The first-order chi connectivity index (χ1) is 9.35. The van der Waals surface area contributed by atoms with Crippen molar-refractivity contribution in [1.82, 2.24) is 0 Å². The van der Waals surface area contributed by atoms with Gasteiger partial charge in [0.05, 0.1) is 7.11 Å². The van der Waals surface area contributed by atoms with Crippen LogP contribution >= 0.6 is 0 Å². The van der Waals surface area contributed by atoms with Gasteiger partial charge in [-0.05, 0) is 24.0 Å². The quantitative estimate of drug-likeness (QED) is 0.839. The van der Waals surface area contributed by atoms with Gasteiger partial charge in [-0.3, -0.25) is 4.79 Å². The summed E-state index contributed by atoms with van der Waals surface area (Å²) < 4.78 is 5.02. The zero-order valence-electron chi connectivity index (χ0n) is 12.3. The molecule has 0 fully saturated rings. The first-order valence-corrected chi connectivity index (χ1v) is 6.56. The molecule has 1 rings (SSSR count). The predicted molar refractivity (Wildman–Crippen MR) is 77.2 cm³/mol. The number of rotatable bonds is 6. The highest BCUT2D eigenvalue weighted by Crippen LogP contribution is 2.24. The van der Waals surface area contributed by atoms with E-state index < -0.39 is 5.97 Å². The highest BCUT2D eigenvalue weighted by Gasteiger charge is 2.15. The van der Waals surface area contributed by atoms with Crippen LogP contribution in [0.25, 0.3) is 0 Å². The number of aromatic carboxylic acids is 1. The number of anilines is 1. The summed E-state index contributed by atoms with van der Waals surface area (Å²) in [6.07, 6.45) is 0.431. The van der Waals surface area contributed by atoms with E-state index in [1.54, 1.807) is 6.07 Å². The number of carbonyl (C=O) groups excluding carboxylic acids is 1. The Kier molecular flexibility index (Phi) is 5.55. The highest BCUT2D eigenvalue weighted by atomic mass is 16.5. The molecule has 1 aromatic carbocycles. The van der Waals surface area contributed by atoms with Crippen LogP contribution in [0.1, 0.15) is 37.6 Å². The van der Waals surface area contributed by atoms with Crippen molar-refractivity contribution < 1.29 is 19.4 Å². The molecule has 0 bridgehead atoms. The van der Waals surface area contributed by atoms with Gasteiger partial charge < -0.3 is 15.2 Å². The number of nitrogens with one attached hydrogen (secondary N) is 1. The van der Waals surface area contributed by atoms with E-state index in [1.165, 1.54) is 19.2 Å². The van der Waals surface area contributed by atoms with Crippen LogP contribution in [0.15, 0.2) is 18.2 Å². The summed E-state index contributed by atoms with van der Waals surface area (Å²) >= 11 is 0. The van der Waals surface area contributed by atoms with Crippen LogP contribution in [-0.4, -0.2) is 24.1 Å². The molecule has 1 aromatic rings. The van der Waals surface area contributed by atoms with Crippen molar-refractivity contribution in [2.24, 2.45) is 11.8 Å². The highest BCUT2D eigenvalue weighted by molar-refractivity contribution is 5.94. The SMILES string of the molecule is COc1cc(NC(=O)CC(C)C(C)C)ccc1C(=O)O. The molecule has 0 aromatic heterocycles. The van der Waals surface area contributed by atoms with Gasteiger partial charge in [0.2, 0.25) is 5.91 Å². The molecule has 0 heterocycles. The Labute approximate surface area is 118 Å². The largest absolute Gasteiger partial charge is 0.496 e. The Morgan fingerprint density at radius 1 is 1.30 bits per heavy atom. The molecule has 0 aliphatic heterocycles. The van der Waals surface area contributed by atoms with Gasteiger partial charge >= 0.3 is 5.97 Å². The molecule has 5 nitrogen and oxygen atoms in total. The van der Waals surface area contributed by atoms with E-state index in [0.29, 0.717) is 18.0 Å². The minimum atomic E-state index is -1.06. The molecule has 110 valence electrons. The maximum Gasteiger partial charge on any atom is 0.339 e. The lowest BCUT2D eigenvalue weighted by Crippen LogP contribution is -2.18. The van der Waals surface area contributed by atoms with Gasteiger partial charge in [0, 0.05) is 18.2 Å². The third-order valence-corrected chi connectivity index (χ3v) is 3.36. The number of ether oxygens (including phenoxy) is 1. The minimum absolute atomic E-state index is 0.0704. The van der Waals surface area contributed by atoms with Gasteiger partial charge in [-0.1, -0.05) is 20.8 Å². The summed E-state index contributed by atoms with van der Waals surface area (Å²) in [6, 6.07) is 4.49. The van der Waals surface area contributed by atoms with Crippen LogP contribution in [0, 0.1) is 11.8 Å². The molecule has 0 aliphatic carbocycles. The van der Waals surface area contributed by atoms with Gasteiger partial charge in [0.25, 0.3) is 0 Å². The van der Waals surface area contributed by atoms with Crippen LogP contribution < -0.4 is 10.1 Å². The van der Waals surface area contributed by atoms with Crippen molar-refractivity contribution in [2.45, 2.75) is 27.2 Å². The van der Waals surface area contributed by atoms with E-state index in [2.05, 4.69) is 19.2 Å². The standard InChI is InChI=1S/C15H21NO4/c1-9(2)10(3)7-14(17)16-11-5-6-12(15(18)19)13(8-11)20-4/h5-6,8-10H,7H2,1-4H3,(H,16,17)(H,18,19). The predicted octanol–water partition coefficient (Wildman–Crippen LogP) is 3.01. The van der Waals surface area contributed by atoms with Crippen LogP contribution in [0.3, 0.4) is 0 Å². The molecule has 2 N–H and O–H groups in total. The third-order valence-electron chi connectivity index (χ3n) is 3.36. The number of benzene rings is 1. The lowest BCUT2D eigenvalue weighted by Gasteiger charge is -2.15. The van der Waals surface area contributed by atoms with E-state index >= 15 is 0 Å². The molecule has 5 heteroatoms.